The van der Waals surface area contributed by atoms with Gasteiger partial charge in [0.2, 0.25) is 0 Å². The number of hydrogen-bond donors (Lipinski definition) is 0. The molecule has 0 unspecified atom stereocenters. The Morgan fingerprint density at radius 3 is 2.61 bits per heavy atom. The second-order valence-corrected chi connectivity index (χ2v) is 7.87. The van der Waals surface area contributed by atoms with Gasteiger partial charge in [-0.3, -0.25) is 14.5 Å². The Balaban J connectivity index is 1.56. The molecule has 4 aromatic rings. The lowest BCUT2D eigenvalue weighted by Gasteiger charge is -2.29. The van der Waals surface area contributed by atoms with Crippen LogP contribution in [-0.4, -0.2) is 48.1 Å². The summed E-state index contributed by atoms with van der Waals surface area (Å²) in [6, 6.07) is 10.3. The summed E-state index contributed by atoms with van der Waals surface area (Å²) in [4.78, 5) is 28.2. The fraction of sp³-hybridized carbons (Fsp3) is 0.240. The number of rotatable bonds is 7. The van der Waals surface area contributed by atoms with Gasteiger partial charge in [0.25, 0.3) is 5.91 Å². The average Bonchev–Trinajstić information content (AvgIpc) is 3.28. The minimum Gasteiger partial charge on any atom is -0.334 e. The molecule has 1 amide bonds. The van der Waals surface area contributed by atoms with Crippen LogP contribution in [0.3, 0.4) is 0 Å². The summed E-state index contributed by atoms with van der Waals surface area (Å²) in [6.07, 6.45) is 8.06. The highest BCUT2D eigenvalue weighted by molar-refractivity contribution is 6.00. The van der Waals surface area contributed by atoms with Crippen LogP contribution in [-0.2, 0) is 6.54 Å². The first kappa shape index (κ1) is 22.3. The third-order valence-corrected chi connectivity index (χ3v) is 5.45. The van der Waals surface area contributed by atoms with E-state index >= 15 is 0 Å². The average molecular weight is 445 g/mol. The molecule has 1 aromatic carbocycles. The van der Waals surface area contributed by atoms with Gasteiger partial charge in [-0.1, -0.05) is 17.7 Å². The lowest BCUT2D eigenvalue weighted by Crippen LogP contribution is -2.41. The van der Waals surface area contributed by atoms with Crippen molar-refractivity contribution in [3.8, 4) is 22.6 Å². The molecule has 0 aliphatic carbocycles. The van der Waals surface area contributed by atoms with E-state index in [1.54, 1.807) is 35.4 Å². The largest absolute Gasteiger partial charge is 0.334 e. The van der Waals surface area contributed by atoms with Crippen LogP contribution < -0.4 is 0 Å². The standard InChI is InChI=1S/C25H25FN6O/c1-4-32(18(3)15-31-16-19(13-30-31)23-9-7-20(26)14-29-23)25(33)22-12-17(2)6-8-21(22)24-27-10-5-11-28-24/h5-14,16,18H,4,15H2,1-3H3/t18-/m0/s1. The summed E-state index contributed by atoms with van der Waals surface area (Å²) in [5.41, 5.74) is 3.71. The molecule has 8 heteroatoms. The molecule has 0 saturated heterocycles. The Hall–Kier alpha value is -3.94. The zero-order valence-corrected chi connectivity index (χ0v) is 18.8. The molecule has 0 aliphatic rings. The molecule has 3 heterocycles. The summed E-state index contributed by atoms with van der Waals surface area (Å²) in [7, 11) is 0. The van der Waals surface area contributed by atoms with Crippen LogP contribution in [0.15, 0.2) is 67.4 Å². The number of carbonyl (C=O) groups is 1. The number of amides is 1. The molecular weight excluding hydrogens is 419 g/mol. The van der Waals surface area contributed by atoms with E-state index in [0.29, 0.717) is 35.7 Å². The van der Waals surface area contributed by atoms with Gasteiger partial charge < -0.3 is 4.90 Å². The van der Waals surface area contributed by atoms with E-state index < -0.39 is 0 Å². The topological polar surface area (TPSA) is 76.8 Å². The van der Waals surface area contributed by atoms with Crippen molar-refractivity contribution in [3.63, 3.8) is 0 Å². The number of carbonyl (C=O) groups excluding carboxylic acids is 1. The van der Waals surface area contributed by atoms with E-state index in [2.05, 4.69) is 20.1 Å². The zero-order valence-electron chi connectivity index (χ0n) is 18.8. The van der Waals surface area contributed by atoms with Crippen molar-refractivity contribution in [2.24, 2.45) is 0 Å². The molecule has 0 radical (unpaired) electrons. The zero-order chi connectivity index (χ0) is 23.4. The van der Waals surface area contributed by atoms with Gasteiger partial charge in [0, 0.05) is 42.3 Å². The Morgan fingerprint density at radius 1 is 1.12 bits per heavy atom. The molecule has 7 nitrogen and oxygen atoms in total. The van der Waals surface area contributed by atoms with Gasteiger partial charge in [0.05, 0.1) is 30.2 Å². The Kier molecular flexibility index (Phi) is 6.53. The van der Waals surface area contributed by atoms with Crippen LogP contribution in [0, 0.1) is 12.7 Å². The van der Waals surface area contributed by atoms with E-state index in [-0.39, 0.29) is 17.8 Å². The summed E-state index contributed by atoms with van der Waals surface area (Å²) in [5, 5.41) is 4.41. The number of aromatic nitrogens is 5. The van der Waals surface area contributed by atoms with Crippen molar-refractivity contribution in [2.75, 3.05) is 6.54 Å². The lowest BCUT2D eigenvalue weighted by atomic mass is 10.0. The van der Waals surface area contributed by atoms with Crippen molar-refractivity contribution in [2.45, 2.75) is 33.4 Å². The van der Waals surface area contributed by atoms with Crippen LogP contribution >= 0.6 is 0 Å². The van der Waals surface area contributed by atoms with Crippen molar-refractivity contribution < 1.29 is 9.18 Å². The molecular formula is C25H25FN6O. The van der Waals surface area contributed by atoms with Gasteiger partial charge in [-0.2, -0.15) is 5.10 Å². The molecule has 0 N–H and O–H groups in total. The molecule has 4 rings (SSSR count). The molecule has 168 valence electrons. The fourth-order valence-electron chi connectivity index (χ4n) is 3.79. The number of hydrogen-bond acceptors (Lipinski definition) is 5. The molecule has 0 fully saturated rings. The summed E-state index contributed by atoms with van der Waals surface area (Å²) >= 11 is 0. The number of aryl methyl sites for hydroxylation is 1. The third-order valence-electron chi connectivity index (χ3n) is 5.45. The van der Waals surface area contributed by atoms with Gasteiger partial charge in [-0.05, 0) is 45.0 Å². The maximum atomic E-state index is 13.6. The van der Waals surface area contributed by atoms with Crippen molar-refractivity contribution in [1.29, 1.82) is 0 Å². The molecule has 0 bridgehead atoms. The van der Waals surface area contributed by atoms with Crippen LogP contribution in [0.5, 0.6) is 0 Å². The lowest BCUT2D eigenvalue weighted by molar-refractivity contribution is 0.0686. The third kappa shape index (κ3) is 4.95. The highest BCUT2D eigenvalue weighted by Gasteiger charge is 2.24. The first-order valence-corrected chi connectivity index (χ1v) is 10.8. The molecule has 1 atom stereocenters. The molecule has 33 heavy (non-hydrogen) atoms. The number of pyridine rings is 1. The van der Waals surface area contributed by atoms with Gasteiger partial charge in [-0.15, -0.1) is 0 Å². The van der Waals surface area contributed by atoms with E-state index in [1.165, 1.54) is 12.3 Å². The number of nitrogens with zero attached hydrogens (tertiary/aromatic N) is 6. The monoisotopic (exact) mass is 444 g/mol. The molecule has 0 saturated carbocycles. The first-order chi connectivity index (χ1) is 16.0. The second-order valence-electron chi connectivity index (χ2n) is 7.87. The highest BCUT2D eigenvalue weighted by atomic mass is 19.1. The summed E-state index contributed by atoms with van der Waals surface area (Å²) in [6.45, 7) is 6.95. The number of halogens is 1. The SMILES string of the molecule is CCN(C(=O)c1cc(C)ccc1-c1ncccn1)[C@@H](C)Cn1cc(-c2ccc(F)cn2)cn1. The van der Waals surface area contributed by atoms with Gasteiger partial charge >= 0.3 is 0 Å². The summed E-state index contributed by atoms with van der Waals surface area (Å²) in [5.74, 6) is 0.0603. The minimum absolute atomic E-state index is 0.0799. The molecule has 0 spiro atoms. The second kappa shape index (κ2) is 9.68. The predicted molar refractivity (Wildman–Crippen MR) is 124 cm³/mol. The molecule has 3 aromatic heterocycles. The summed E-state index contributed by atoms with van der Waals surface area (Å²) < 4.78 is 14.9. The van der Waals surface area contributed by atoms with Crippen LogP contribution in [0.25, 0.3) is 22.6 Å². The maximum absolute atomic E-state index is 13.6. The predicted octanol–water partition coefficient (Wildman–Crippen LogP) is 4.40. The Labute approximate surface area is 192 Å². The van der Waals surface area contributed by atoms with Gasteiger partial charge in [0.15, 0.2) is 5.82 Å². The number of benzene rings is 1. The van der Waals surface area contributed by atoms with Crippen molar-refractivity contribution in [3.05, 3.63) is 84.3 Å². The van der Waals surface area contributed by atoms with Crippen molar-refractivity contribution in [1.82, 2.24) is 29.6 Å². The van der Waals surface area contributed by atoms with E-state index in [1.807, 2.05) is 50.1 Å². The van der Waals surface area contributed by atoms with Crippen LogP contribution in [0.2, 0.25) is 0 Å². The smallest absolute Gasteiger partial charge is 0.254 e. The highest BCUT2D eigenvalue weighted by Crippen LogP contribution is 2.24. The normalized spacial score (nSPS) is 11.9. The Morgan fingerprint density at radius 2 is 1.91 bits per heavy atom. The first-order valence-electron chi connectivity index (χ1n) is 10.8. The Bertz CT molecular complexity index is 1240. The molecule has 0 aliphatic heterocycles. The van der Waals surface area contributed by atoms with E-state index in [0.717, 1.165) is 11.1 Å². The van der Waals surface area contributed by atoms with E-state index in [4.69, 9.17) is 0 Å². The van der Waals surface area contributed by atoms with Gasteiger partial charge in [0.1, 0.15) is 5.82 Å². The number of likely N-dealkylation sites (N-methyl/N-ethyl adjacent to an activating group) is 1. The van der Waals surface area contributed by atoms with Crippen LogP contribution in [0.1, 0.15) is 29.8 Å². The van der Waals surface area contributed by atoms with E-state index in [9.17, 15) is 9.18 Å². The van der Waals surface area contributed by atoms with Gasteiger partial charge in [-0.25, -0.2) is 14.4 Å². The maximum Gasteiger partial charge on any atom is 0.254 e. The fourth-order valence-corrected chi connectivity index (χ4v) is 3.79. The van der Waals surface area contributed by atoms with Crippen LogP contribution in [0.4, 0.5) is 4.39 Å². The minimum atomic E-state index is -0.381. The quantitative estimate of drug-likeness (QED) is 0.422. The van der Waals surface area contributed by atoms with Crippen molar-refractivity contribution >= 4 is 5.91 Å².